The van der Waals surface area contributed by atoms with Gasteiger partial charge in [-0.25, -0.2) is 4.39 Å². The minimum atomic E-state index is -0.236. The highest BCUT2D eigenvalue weighted by Gasteiger charge is 2.54. The van der Waals surface area contributed by atoms with E-state index in [9.17, 15) is 9.18 Å². The van der Waals surface area contributed by atoms with E-state index in [1.54, 1.807) is 0 Å². The lowest BCUT2D eigenvalue weighted by Crippen LogP contribution is -2.61. The lowest BCUT2D eigenvalue weighted by Gasteiger charge is -2.60. The van der Waals surface area contributed by atoms with E-state index in [0.29, 0.717) is 18.2 Å². The molecule has 0 atom stereocenters. The summed E-state index contributed by atoms with van der Waals surface area (Å²) in [4.78, 5) is 15.9. The van der Waals surface area contributed by atoms with Gasteiger partial charge in [0.2, 0.25) is 5.91 Å². The van der Waals surface area contributed by atoms with Crippen LogP contribution in [0.4, 0.5) is 4.39 Å². The van der Waals surface area contributed by atoms with E-state index in [-0.39, 0.29) is 17.3 Å². The Morgan fingerprint density at radius 1 is 1.12 bits per heavy atom. The van der Waals surface area contributed by atoms with Crippen LogP contribution < -0.4 is 0 Å². The van der Waals surface area contributed by atoms with Crippen LogP contribution in [0, 0.1) is 23.6 Å². The van der Waals surface area contributed by atoms with Crippen molar-refractivity contribution in [3.05, 3.63) is 41.5 Å². The number of hydrogen-bond acceptors (Lipinski definition) is 4. The van der Waals surface area contributed by atoms with E-state index in [2.05, 4.69) is 28.9 Å². The number of halogens is 1. The van der Waals surface area contributed by atoms with Crippen LogP contribution >= 0.6 is 11.8 Å². The molecule has 7 heteroatoms. The van der Waals surface area contributed by atoms with Crippen LogP contribution in [0.15, 0.2) is 29.4 Å². The largest absolute Gasteiger partial charge is 0.332 e. The van der Waals surface area contributed by atoms with Gasteiger partial charge in [-0.2, -0.15) is 0 Å². The van der Waals surface area contributed by atoms with Crippen molar-refractivity contribution in [2.75, 3.05) is 5.75 Å². The molecule has 4 aliphatic carbocycles. The Hall–Kier alpha value is -1.89. The maximum absolute atomic E-state index is 13.7. The van der Waals surface area contributed by atoms with E-state index in [4.69, 9.17) is 0 Å². The van der Waals surface area contributed by atoms with Crippen LogP contribution in [-0.2, 0) is 18.4 Å². The minimum Gasteiger partial charge on any atom is -0.332 e. The molecule has 0 N–H and O–H groups in total. The summed E-state index contributed by atoms with van der Waals surface area (Å²) in [5.41, 5.74) is 0.963. The number of thioether (sulfide) groups is 1. The molecule has 5 nitrogen and oxygen atoms in total. The molecule has 6 rings (SSSR count). The van der Waals surface area contributed by atoms with Crippen LogP contribution in [0.1, 0.15) is 69.7 Å². The number of carbonyl (C=O) groups excluding carboxylic acids is 1. The van der Waals surface area contributed by atoms with Crippen molar-refractivity contribution in [2.24, 2.45) is 24.8 Å². The summed E-state index contributed by atoms with van der Waals surface area (Å²) in [6.45, 7) is 4.75. The summed E-state index contributed by atoms with van der Waals surface area (Å²) < 4.78 is 15.5. The first kappa shape index (κ1) is 21.9. The molecule has 4 fully saturated rings. The van der Waals surface area contributed by atoms with Crippen LogP contribution in [0.2, 0.25) is 0 Å². The lowest BCUT2D eigenvalue weighted by atomic mass is 9.52. The Bertz CT molecular complexity index is 951. The number of hydrogen-bond donors (Lipinski definition) is 0. The zero-order valence-corrected chi connectivity index (χ0v) is 20.1. The van der Waals surface area contributed by atoms with Gasteiger partial charge in [0.25, 0.3) is 0 Å². The number of rotatable bonds is 7. The van der Waals surface area contributed by atoms with Gasteiger partial charge in [-0.1, -0.05) is 37.7 Å². The van der Waals surface area contributed by atoms with Gasteiger partial charge in [-0.3, -0.25) is 4.79 Å². The Morgan fingerprint density at radius 2 is 1.72 bits per heavy atom. The highest BCUT2D eigenvalue weighted by molar-refractivity contribution is 7.99. The first-order chi connectivity index (χ1) is 15.3. The third-order valence-electron chi connectivity index (χ3n) is 7.84. The van der Waals surface area contributed by atoms with Crippen molar-refractivity contribution < 1.29 is 9.18 Å². The summed E-state index contributed by atoms with van der Waals surface area (Å²) in [6, 6.07) is 6.64. The molecule has 4 bridgehead atoms. The quantitative estimate of drug-likeness (QED) is 0.540. The van der Waals surface area contributed by atoms with Gasteiger partial charge < -0.3 is 9.47 Å². The first-order valence-corrected chi connectivity index (χ1v) is 12.9. The number of aromatic nitrogens is 3. The first-order valence-electron chi connectivity index (χ1n) is 11.9. The topological polar surface area (TPSA) is 51.0 Å². The second kappa shape index (κ2) is 8.47. The van der Waals surface area contributed by atoms with Gasteiger partial charge in [0.05, 0.1) is 5.75 Å². The summed E-state index contributed by atoms with van der Waals surface area (Å²) in [5.74, 6) is 3.77. The summed E-state index contributed by atoms with van der Waals surface area (Å²) in [6.07, 6.45) is 7.38. The van der Waals surface area contributed by atoms with Crippen LogP contribution in [0.25, 0.3) is 0 Å². The predicted octanol–water partition coefficient (Wildman–Crippen LogP) is 5.17. The van der Waals surface area contributed by atoms with E-state index in [1.807, 2.05) is 23.7 Å². The van der Waals surface area contributed by atoms with E-state index >= 15 is 0 Å². The molecule has 0 saturated heterocycles. The molecular weight excluding hydrogens is 423 g/mol. The zero-order chi connectivity index (χ0) is 22.5. The molecule has 0 aliphatic heterocycles. The maximum Gasteiger partial charge on any atom is 0.233 e. The molecule has 0 spiro atoms. The third kappa shape index (κ3) is 4.09. The smallest absolute Gasteiger partial charge is 0.233 e. The molecule has 1 aromatic carbocycles. The fraction of sp³-hybridized carbons (Fsp3) is 0.640. The van der Waals surface area contributed by atoms with Crippen LogP contribution in [0.5, 0.6) is 0 Å². The summed E-state index contributed by atoms with van der Waals surface area (Å²) in [5, 5.41) is 9.40. The molecule has 0 radical (unpaired) electrons. The maximum atomic E-state index is 13.7. The summed E-state index contributed by atoms with van der Waals surface area (Å²) >= 11 is 1.48. The average molecular weight is 457 g/mol. The van der Waals surface area contributed by atoms with E-state index < -0.39 is 0 Å². The van der Waals surface area contributed by atoms with Crippen LogP contribution in [-0.4, -0.2) is 36.9 Å². The van der Waals surface area contributed by atoms with Gasteiger partial charge in [0.15, 0.2) is 5.16 Å². The molecule has 4 saturated carbocycles. The molecule has 1 aromatic heterocycles. The fourth-order valence-electron chi connectivity index (χ4n) is 6.85. The average Bonchev–Trinajstić information content (AvgIpc) is 3.11. The minimum absolute atomic E-state index is 0.0379. The van der Waals surface area contributed by atoms with Gasteiger partial charge in [0.1, 0.15) is 11.6 Å². The monoisotopic (exact) mass is 456 g/mol. The van der Waals surface area contributed by atoms with E-state index in [1.165, 1.54) is 43.2 Å². The predicted molar refractivity (Wildman–Crippen MR) is 124 cm³/mol. The lowest BCUT2D eigenvalue weighted by molar-refractivity contribution is -0.149. The van der Waals surface area contributed by atoms with Crippen molar-refractivity contribution in [1.82, 2.24) is 19.7 Å². The molecule has 1 amide bonds. The van der Waals surface area contributed by atoms with Gasteiger partial charge in [0, 0.05) is 25.0 Å². The van der Waals surface area contributed by atoms with Crippen molar-refractivity contribution >= 4 is 17.7 Å². The van der Waals surface area contributed by atoms with Gasteiger partial charge in [-0.15, -0.1) is 10.2 Å². The van der Waals surface area contributed by atoms with E-state index in [0.717, 1.165) is 53.6 Å². The number of benzene rings is 1. The normalized spacial score (nSPS) is 28.5. The van der Waals surface area contributed by atoms with Crippen molar-refractivity contribution in [3.63, 3.8) is 0 Å². The molecular formula is C25H33FN4OS. The highest BCUT2D eigenvalue weighted by Crippen LogP contribution is 2.58. The SMILES string of the molecule is CC(C)c1nnc(SCC(=O)N(Cc2ccc(F)cc2)C23CC4CC(CC(C4)C2)C3)n1C. The van der Waals surface area contributed by atoms with Gasteiger partial charge in [-0.05, 0) is 74.0 Å². The van der Waals surface area contributed by atoms with Gasteiger partial charge >= 0.3 is 0 Å². The number of amides is 1. The molecule has 1 heterocycles. The molecule has 0 unspecified atom stereocenters. The Balaban J connectivity index is 1.38. The number of carbonyl (C=O) groups is 1. The molecule has 2 aromatic rings. The van der Waals surface area contributed by atoms with Crippen LogP contribution in [0.3, 0.4) is 0 Å². The van der Waals surface area contributed by atoms with Crippen molar-refractivity contribution in [3.8, 4) is 0 Å². The highest BCUT2D eigenvalue weighted by atomic mass is 32.2. The fourth-order valence-corrected chi connectivity index (χ4v) is 7.64. The van der Waals surface area contributed by atoms with Crippen molar-refractivity contribution in [2.45, 2.75) is 75.5 Å². The zero-order valence-electron chi connectivity index (χ0n) is 19.3. The number of nitrogens with zero attached hydrogens (tertiary/aromatic N) is 4. The molecule has 172 valence electrons. The second-order valence-corrected chi connectivity index (χ2v) is 11.5. The molecule has 32 heavy (non-hydrogen) atoms. The second-order valence-electron chi connectivity index (χ2n) is 10.6. The van der Waals surface area contributed by atoms with Crippen molar-refractivity contribution in [1.29, 1.82) is 0 Å². The molecule has 4 aliphatic rings. The standard InChI is InChI=1S/C25H33FN4OS/c1-16(2)23-27-28-24(29(23)3)32-15-22(31)30(14-17-4-6-21(26)7-5-17)25-11-18-8-19(12-25)10-20(9-18)13-25/h4-7,16,18-20H,8-15H2,1-3H3. The Kier molecular flexibility index (Phi) is 5.81. The summed E-state index contributed by atoms with van der Waals surface area (Å²) in [7, 11) is 1.97. The Labute approximate surface area is 194 Å². The third-order valence-corrected chi connectivity index (χ3v) is 8.85. The Morgan fingerprint density at radius 3 is 2.25 bits per heavy atom.